The van der Waals surface area contributed by atoms with Crippen LogP contribution in [0.4, 0.5) is 0 Å². The predicted octanol–water partition coefficient (Wildman–Crippen LogP) is 4.13. The molecule has 1 aliphatic rings. The molecule has 2 N–H and O–H groups in total. The van der Waals surface area contributed by atoms with Gasteiger partial charge in [-0.05, 0) is 53.1 Å². The molecule has 5 heteroatoms. The monoisotopic (exact) mass is 364 g/mol. The van der Waals surface area contributed by atoms with Gasteiger partial charge in [0.2, 0.25) is 5.91 Å². The third-order valence-corrected chi connectivity index (χ3v) is 4.77. The quantitative estimate of drug-likeness (QED) is 0.340. The molecule has 2 aromatic rings. The second-order valence-electron chi connectivity index (χ2n) is 6.85. The van der Waals surface area contributed by atoms with Crippen LogP contribution in [0.15, 0.2) is 47.6 Å². The van der Waals surface area contributed by atoms with Crippen LogP contribution in [0.1, 0.15) is 55.2 Å². The number of carbonyl (C=O) groups excluding carboxylic acids is 1. The normalized spacial score (nSPS) is 12.0. The van der Waals surface area contributed by atoms with Gasteiger partial charge in [-0.2, -0.15) is 5.10 Å². The van der Waals surface area contributed by atoms with E-state index in [0.29, 0.717) is 12.8 Å². The highest BCUT2D eigenvalue weighted by atomic mass is 16.4. The summed E-state index contributed by atoms with van der Waals surface area (Å²) in [5, 5.41) is 12.6. The molecule has 0 aliphatic heterocycles. The van der Waals surface area contributed by atoms with Crippen LogP contribution in [0.3, 0.4) is 0 Å². The van der Waals surface area contributed by atoms with Crippen LogP contribution in [0.5, 0.6) is 0 Å². The summed E-state index contributed by atoms with van der Waals surface area (Å²) in [5.41, 5.74) is 8.73. The molecule has 0 spiro atoms. The van der Waals surface area contributed by atoms with Gasteiger partial charge >= 0.3 is 5.97 Å². The smallest absolute Gasteiger partial charge is 0.303 e. The maximum Gasteiger partial charge on any atom is 0.303 e. The van der Waals surface area contributed by atoms with E-state index in [1.165, 1.54) is 22.3 Å². The summed E-state index contributed by atoms with van der Waals surface area (Å²) in [6.45, 7) is 0. The first-order valence-corrected chi connectivity index (χ1v) is 9.38. The van der Waals surface area contributed by atoms with E-state index in [9.17, 15) is 9.59 Å². The van der Waals surface area contributed by atoms with Crippen LogP contribution in [-0.4, -0.2) is 23.2 Å². The molecule has 140 valence electrons. The highest BCUT2D eigenvalue weighted by Gasteiger charge is 2.17. The van der Waals surface area contributed by atoms with Crippen LogP contribution in [0, 0.1) is 0 Å². The third kappa shape index (κ3) is 5.26. The first-order chi connectivity index (χ1) is 13.1. The minimum absolute atomic E-state index is 0.113. The van der Waals surface area contributed by atoms with Gasteiger partial charge in [-0.25, -0.2) is 5.43 Å². The number of aliphatic carboxylic acids is 1. The second kappa shape index (κ2) is 9.12. The van der Waals surface area contributed by atoms with Crippen molar-refractivity contribution in [2.24, 2.45) is 5.10 Å². The molecule has 27 heavy (non-hydrogen) atoms. The molecule has 0 bridgehead atoms. The fraction of sp³-hybridized carbons (Fsp3) is 0.318. The van der Waals surface area contributed by atoms with Gasteiger partial charge < -0.3 is 5.11 Å². The average molecular weight is 364 g/mol. The minimum atomic E-state index is -0.766. The van der Waals surface area contributed by atoms with Crippen molar-refractivity contribution in [2.45, 2.75) is 44.9 Å². The summed E-state index contributed by atoms with van der Waals surface area (Å²) in [7, 11) is 0. The van der Waals surface area contributed by atoms with Gasteiger partial charge in [-0.3, -0.25) is 9.59 Å². The Kier molecular flexibility index (Phi) is 6.36. The number of carbonyl (C=O) groups is 2. The lowest BCUT2D eigenvalue weighted by Gasteiger charge is -2.02. The lowest BCUT2D eigenvalue weighted by molar-refractivity contribution is -0.137. The van der Waals surface area contributed by atoms with E-state index in [2.05, 4.69) is 46.9 Å². The number of benzene rings is 2. The summed E-state index contributed by atoms with van der Waals surface area (Å²) in [6.07, 6.45) is 6.31. The van der Waals surface area contributed by atoms with Crippen molar-refractivity contribution >= 4 is 18.1 Å². The van der Waals surface area contributed by atoms with Crippen LogP contribution in [-0.2, 0) is 16.0 Å². The van der Waals surface area contributed by atoms with E-state index >= 15 is 0 Å². The Hall–Kier alpha value is -2.95. The summed E-state index contributed by atoms with van der Waals surface area (Å²) in [4.78, 5) is 22.2. The Balaban J connectivity index is 1.42. The molecule has 0 aromatic heterocycles. The number of nitrogens with zero attached hydrogens (tertiary/aromatic N) is 1. The summed E-state index contributed by atoms with van der Waals surface area (Å²) < 4.78 is 0. The lowest BCUT2D eigenvalue weighted by atomic mass is 10.0. The van der Waals surface area contributed by atoms with E-state index in [-0.39, 0.29) is 12.3 Å². The van der Waals surface area contributed by atoms with Gasteiger partial charge in [0.05, 0.1) is 6.21 Å². The molecular formula is C22H24N2O3. The van der Waals surface area contributed by atoms with Gasteiger partial charge in [0.25, 0.3) is 0 Å². The molecule has 0 radical (unpaired) electrons. The summed E-state index contributed by atoms with van der Waals surface area (Å²) in [5.74, 6) is -0.879. The van der Waals surface area contributed by atoms with Crippen LogP contribution in [0.2, 0.25) is 0 Å². The fourth-order valence-electron chi connectivity index (χ4n) is 3.40. The average Bonchev–Trinajstić information content (AvgIpc) is 3.02. The highest BCUT2D eigenvalue weighted by molar-refractivity contribution is 5.85. The molecular weight excluding hydrogens is 340 g/mol. The number of fused-ring (bicyclic) bond motifs is 3. The SMILES string of the molecule is O=C(O)CCCCCCC(=O)N/N=C/c1ccc2c(c1)Cc1ccccc1-2. The van der Waals surface area contributed by atoms with Crippen molar-refractivity contribution in [1.29, 1.82) is 0 Å². The largest absolute Gasteiger partial charge is 0.481 e. The number of carboxylic acid groups (broad SMARTS) is 1. The summed E-state index contributed by atoms with van der Waals surface area (Å²) >= 11 is 0. The van der Waals surface area contributed by atoms with Crippen molar-refractivity contribution in [3.05, 3.63) is 59.2 Å². The minimum Gasteiger partial charge on any atom is -0.481 e. The molecule has 0 unspecified atom stereocenters. The van der Waals surface area contributed by atoms with Gasteiger partial charge in [0, 0.05) is 12.8 Å². The zero-order chi connectivity index (χ0) is 19.1. The van der Waals surface area contributed by atoms with E-state index in [4.69, 9.17) is 5.11 Å². The topological polar surface area (TPSA) is 78.8 Å². The van der Waals surface area contributed by atoms with Gasteiger partial charge in [0.15, 0.2) is 0 Å². The number of hydrogen-bond donors (Lipinski definition) is 2. The Bertz CT molecular complexity index is 858. The summed E-state index contributed by atoms with van der Waals surface area (Å²) in [6, 6.07) is 14.7. The van der Waals surface area contributed by atoms with E-state index < -0.39 is 5.97 Å². The van der Waals surface area contributed by atoms with E-state index in [1.54, 1.807) is 6.21 Å². The van der Waals surface area contributed by atoms with Crippen LogP contribution in [0.25, 0.3) is 11.1 Å². The first-order valence-electron chi connectivity index (χ1n) is 9.38. The Morgan fingerprint density at radius 2 is 1.70 bits per heavy atom. The fourth-order valence-corrected chi connectivity index (χ4v) is 3.40. The van der Waals surface area contributed by atoms with E-state index in [0.717, 1.165) is 31.2 Å². The van der Waals surface area contributed by atoms with Crippen molar-refractivity contribution in [3.8, 4) is 11.1 Å². The van der Waals surface area contributed by atoms with Crippen molar-refractivity contribution < 1.29 is 14.7 Å². The molecule has 1 amide bonds. The third-order valence-electron chi connectivity index (χ3n) is 4.77. The van der Waals surface area contributed by atoms with E-state index in [1.807, 2.05) is 6.07 Å². The van der Waals surface area contributed by atoms with Crippen LogP contribution >= 0.6 is 0 Å². The number of hydrazone groups is 1. The Morgan fingerprint density at radius 3 is 2.52 bits per heavy atom. The van der Waals surface area contributed by atoms with Crippen molar-refractivity contribution in [3.63, 3.8) is 0 Å². The molecule has 2 aromatic carbocycles. The molecule has 5 nitrogen and oxygen atoms in total. The number of unbranched alkanes of at least 4 members (excludes halogenated alkanes) is 3. The van der Waals surface area contributed by atoms with Gasteiger partial charge in [-0.1, -0.05) is 49.2 Å². The molecule has 0 atom stereocenters. The number of nitrogens with one attached hydrogen (secondary N) is 1. The van der Waals surface area contributed by atoms with Crippen molar-refractivity contribution in [2.75, 3.05) is 0 Å². The van der Waals surface area contributed by atoms with Crippen molar-refractivity contribution in [1.82, 2.24) is 5.43 Å². The molecule has 1 aliphatic carbocycles. The van der Waals surface area contributed by atoms with Gasteiger partial charge in [-0.15, -0.1) is 0 Å². The zero-order valence-electron chi connectivity index (χ0n) is 15.3. The van der Waals surface area contributed by atoms with Crippen LogP contribution < -0.4 is 5.43 Å². The first kappa shape index (κ1) is 18.8. The Labute approximate surface area is 159 Å². The number of hydrogen-bond acceptors (Lipinski definition) is 3. The Morgan fingerprint density at radius 1 is 0.963 bits per heavy atom. The second-order valence-corrected chi connectivity index (χ2v) is 6.85. The maximum atomic E-state index is 11.8. The molecule has 0 saturated carbocycles. The van der Waals surface area contributed by atoms with Gasteiger partial charge in [0.1, 0.15) is 0 Å². The molecule has 0 heterocycles. The predicted molar refractivity (Wildman–Crippen MR) is 106 cm³/mol. The molecule has 3 rings (SSSR count). The zero-order valence-corrected chi connectivity index (χ0v) is 15.3. The standard InChI is InChI=1S/C22H24N2O3/c25-21(9-3-1-2-4-10-22(26)27)24-23-15-16-11-12-20-18(13-16)14-17-7-5-6-8-19(17)20/h5-8,11-13,15H,1-4,9-10,14H2,(H,24,25)(H,26,27)/b23-15+. The highest BCUT2D eigenvalue weighted by Crippen LogP contribution is 2.36. The number of amides is 1. The lowest BCUT2D eigenvalue weighted by Crippen LogP contribution is -2.16. The molecule has 0 fully saturated rings. The molecule has 0 saturated heterocycles. The number of carboxylic acids is 1. The number of rotatable bonds is 9. The maximum absolute atomic E-state index is 11.8.